The molecule has 0 aliphatic rings. The Labute approximate surface area is 117 Å². The highest BCUT2D eigenvalue weighted by molar-refractivity contribution is 7.94. The maximum atomic E-state index is 12.6. The van der Waals surface area contributed by atoms with Gasteiger partial charge in [0.1, 0.15) is 4.21 Å². The van der Waals surface area contributed by atoms with E-state index in [0.717, 1.165) is 6.42 Å². The molecule has 19 heavy (non-hydrogen) atoms. The molecule has 1 aromatic heterocycles. The van der Waals surface area contributed by atoms with Crippen molar-refractivity contribution in [3.05, 3.63) is 41.8 Å². The van der Waals surface area contributed by atoms with Gasteiger partial charge in [0.05, 0.1) is 11.4 Å². The lowest BCUT2D eigenvalue weighted by atomic mass is 10.2. The van der Waals surface area contributed by atoms with Crippen molar-refractivity contribution in [1.82, 2.24) is 0 Å². The molecule has 2 aromatic rings. The van der Waals surface area contributed by atoms with Gasteiger partial charge in [-0.3, -0.25) is 4.31 Å². The van der Waals surface area contributed by atoms with Gasteiger partial charge >= 0.3 is 0 Å². The molecule has 0 radical (unpaired) electrons. The van der Waals surface area contributed by atoms with Gasteiger partial charge in [0.2, 0.25) is 0 Å². The van der Waals surface area contributed by atoms with Crippen LogP contribution >= 0.6 is 11.3 Å². The summed E-state index contributed by atoms with van der Waals surface area (Å²) in [6.07, 6.45) is 0.721. The summed E-state index contributed by atoms with van der Waals surface area (Å²) in [4.78, 5) is 0. The van der Waals surface area contributed by atoms with Crippen molar-refractivity contribution >= 4 is 32.7 Å². The van der Waals surface area contributed by atoms with Crippen LogP contribution in [0.5, 0.6) is 0 Å². The van der Waals surface area contributed by atoms with E-state index in [1.54, 1.807) is 41.8 Å². The van der Waals surface area contributed by atoms with Gasteiger partial charge in [-0.15, -0.1) is 11.3 Å². The summed E-state index contributed by atoms with van der Waals surface area (Å²) >= 11 is 1.21. The van der Waals surface area contributed by atoms with Gasteiger partial charge in [-0.1, -0.05) is 25.1 Å². The SMILES string of the molecule is CCCN(c1ccccc1N)S(=O)(=O)c1cccs1. The summed E-state index contributed by atoms with van der Waals surface area (Å²) in [7, 11) is -3.52. The lowest BCUT2D eigenvalue weighted by molar-refractivity contribution is 0.592. The van der Waals surface area contributed by atoms with E-state index in [-0.39, 0.29) is 0 Å². The quantitative estimate of drug-likeness (QED) is 0.863. The Hall–Kier alpha value is -1.53. The topological polar surface area (TPSA) is 63.4 Å². The summed E-state index contributed by atoms with van der Waals surface area (Å²) in [6.45, 7) is 2.35. The third-order valence-corrected chi connectivity index (χ3v) is 5.86. The summed E-state index contributed by atoms with van der Waals surface area (Å²) < 4.78 is 27.0. The Balaban J connectivity index is 2.50. The molecule has 0 spiro atoms. The fraction of sp³-hybridized carbons (Fsp3) is 0.231. The second-order valence-corrected chi connectivity index (χ2v) is 7.10. The minimum atomic E-state index is -3.52. The number of anilines is 2. The van der Waals surface area contributed by atoms with Gasteiger partial charge in [-0.05, 0) is 30.0 Å². The number of thiophene rings is 1. The first-order chi connectivity index (χ1) is 9.07. The van der Waals surface area contributed by atoms with E-state index in [4.69, 9.17) is 5.73 Å². The van der Waals surface area contributed by atoms with Crippen LogP contribution in [0, 0.1) is 0 Å². The normalized spacial score (nSPS) is 11.4. The van der Waals surface area contributed by atoms with Crippen molar-refractivity contribution in [3.63, 3.8) is 0 Å². The number of rotatable bonds is 5. The lowest BCUT2D eigenvalue weighted by Gasteiger charge is -2.24. The molecule has 4 nitrogen and oxygen atoms in total. The number of hydrogen-bond acceptors (Lipinski definition) is 4. The number of nitrogen functional groups attached to an aromatic ring is 1. The minimum Gasteiger partial charge on any atom is -0.397 e. The largest absolute Gasteiger partial charge is 0.397 e. The fourth-order valence-electron chi connectivity index (χ4n) is 1.81. The molecule has 1 aromatic carbocycles. The molecule has 6 heteroatoms. The number of hydrogen-bond donors (Lipinski definition) is 1. The zero-order valence-electron chi connectivity index (χ0n) is 10.6. The summed E-state index contributed by atoms with van der Waals surface area (Å²) in [5, 5.41) is 1.76. The summed E-state index contributed by atoms with van der Waals surface area (Å²) in [5.74, 6) is 0. The van der Waals surface area contributed by atoms with Gasteiger partial charge in [0.15, 0.2) is 0 Å². The molecule has 0 aliphatic carbocycles. The third-order valence-electron chi connectivity index (χ3n) is 2.67. The Bertz CT molecular complexity index is 636. The van der Waals surface area contributed by atoms with Crippen molar-refractivity contribution in [2.24, 2.45) is 0 Å². The molecule has 0 saturated carbocycles. The predicted octanol–water partition coefficient (Wildman–Crippen LogP) is 2.94. The molecule has 1 heterocycles. The summed E-state index contributed by atoms with van der Waals surface area (Å²) in [5.41, 5.74) is 6.91. The first-order valence-corrected chi connectivity index (χ1v) is 8.30. The third kappa shape index (κ3) is 2.74. The smallest absolute Gasteiger partial charge is 0.273 e. The van der Waals surface area contributed by atoms with Crippen molar-refractivity contribution in [2.75, 3.05) is 16.6 Å². The maximum absolute atomic E-state index is 12.6. The zero-order valence-corrected chi connectivity index (χ0v) is 12.2. The van der Waals surface area contributed by atoms with E-state index in [9.17, 15) is 8.42 Å². The van der Waals surface area contributed by atoms with E-state index in [2.05, 4.69) is 0 Å². The average Bonchev–Trinajstić information content (AvgIpc) is 2.91. The number of sulfonamides is 1. The van der Waals surface area contributed by atoms with Crippen LogP contribution in [0.15, 0.2) is 46.0 Å². The van der Waals surface area contributed by atoms with Crippen LogP contribution in [-0.2, 0) is 10.0 Å². The van der Waals surface area contributed by atoms with Gasteiger partial charge in [-0.25, -0.2) is 8.42 Å². The van der Waals surface area contributed by atoms with E-state index in [0.29, 0.717) is 22.1 Å². The van der Waals surface area contributed by atoms with E-state index < -0.39 is 10.0 Å². The van der Waals surface area contributed by atoms with Crippen LogP contribution in [0.25, 0.3) is 0 Å². The highest BCUT2D eigenvalue weighted by atomic mass is 32.2. The molecule has 0 aliphatic heterocycles. The Kier molecular flexibility index (Phi) is 4.11. The summed E-state index contributed by atoms with van der Waals surface area (Å²) in [6, 6.07) is 10.4. The molecule has 2 N–H and O–H groups in total. The van der Waals surface area contributed by atoms with Crippen LogP contribution in [-0.4, -0.2) is 15.0 Å². The molecule has 0 fully saturated rings. The first kappa shape index (κ1) is 13.9. The molecule has 0 saturated heterocycles. The first-order valence-electron chi connectivity index (χ1n) is 5.98. The number of para-hydroxylation sites is 2. The van der Waals surface area contributed by atoms with Crippen LogP contribution in [0.2, 0.25) is 0 Å². The number of nitrogens with zero attached hydrogens (tertiary/aromatic N) is 1. The van der Waals surface area contributed by atoms with Crippen LogP contribution in [0.4, 0.5) is 11.4 Å². The van der Waals surface area contributed by atoms with E-state index in [1.165, 1.54) is 15.6 Å². The second kappa shape index (κ2) is 5.63. The van der Waals surface area contributed by atoms with Gasteiger partial charge in [0, 0.05) is 6.54 Å². The van der Waals surface area contributed by atoms with Crippen molar-refractivity contribution in [3.8, 4) is 0 Å². The van der Waals surface area contributed by atoms with Crippen LogP contribution < -0.4 is 10.0 Å². The van der Waals surface area contributed by atoms with E-state index in [1.807, 2.05) is 6.92 Å². The highest BCUT2D eigenvalue weighted by Crippen LogP contribution is 2.30. The maximum Gasteiger partial charge on any atom is 0.273 e. The lowest BCUT2D eigenvalue weighted by Crippen LogP contribution is -2.31. The monoisotopic (exact) mass is 296 g/mol. The Morgan fingerprint density at radius 1 is 1.21 bits per heavy atom. The fourth-order valence-corrected chi connectivity index (χ4v) is 4.49. The molecule has 102 valence electrons. The molecular formula is C13H16N2O2S2. The number of nitrogens with two attached hydrogens (primary N) is 1. The molecule has 0 amide bonds. The standard InChI is InChI=1S/C13H16N2O2S2/c1-2-9-15(12-7-4-3-6-11(12)14)19(16,17)13-8-5-10-18-13/h3-8,10H,2,9,14H2,1H3. The van der Waals surface area contributed by atoms with Crippen LogP contribution in [0.1, 0.15) is 13.3 Å². The molecule has 0 bridgehead atoms. The Morgan fingerprint density at radius 3 is 2.53 bits per heavy atom. The minimum absolute atomic E-state index is 0.337. The Morgan fingerprint density at radius 2 is 1.95 bits per heavy atom. The van der Waals surface area contributed by atoms with E-state index >= 15 is 0 Å². The molecule has 0 unspecified atom stereocenters. The van der Waals surface area contributed by atoms with Gasteiger partial charge < -0.3 is 5.73 Å². The average molecular weight is 296 g/mol. The molecule has 0 atom stereocenters. The van der Waals surface area contributed by atoms with Crippen molar-refractivity contribution in [1.29, 1.82) is 0 Å². The molecular weight excluding hydrogens is 280 g/mol. The predicted molar refractivity (Wildman–Crippen MR) is 80.0 cm³/mol. The highest BCUT2D eigenvalue weighted by Gasteiger charge is 2.26. The zero-order chi connectivity index (χ0) is 13.9. The van der Waals surface area contributed by atoms with Crippen molar-refractivity contribution in [2.45, 2.75) is 17.6 Å². The number of benzene rings is 1. The van der Waals surface area contributed by atoms with Crippen LogP contribution in [0.3, 0.4) is 0 Å². The van der Waals surface area contributed by atoms with Crippen molar-refractivity contribution < 1.29 is 8.42 Å². The van der Waals surface area contributed by atoms with Gasteiger partial charge in [0.25, 0.3) is 10.0 Å². The molecule has 2 rings (SSSR count). The van der Waals surface area contributed by atoms with Gasteiger partial charge in [-0.2, -0.15) is 0 Å². The second-order valence-electron chi connectivity index (χ2n) is 4.07.